The van der Waals surface area contributed by atoms with E-state index in [1.165, 1.54) is 11.3 Å². The summed E-state index contributed by atoms with van der Waals surface area (Å²) >= 11 is 1.22. The zero-order valence-electron chi connectivity index (χ0n) is 10.5. The molecule has 0 aliphatic carbocycles. The van der Waals surface area contributed by atoms with Gasteiger partial charge >= 0.3 is 5.97 Å². The lowest BCUT2D eigenvalue weighted by Gasteiger charge is -2.01. The van der Waals surface area contributed by atoms with Gasteiger partial charge in [-0.1, -0.05) is 20.8 Å². The predicted octanol–water partition coefficient (Wildman–Crippen LogP) is 2.97. The summed E-state index contributed by atoms with van der Waals surface area (Å²) in [5, 5.41) is 9.85. The van der Waals surface area contributed by atoms with Crippen molar-refractivity contribution in [2.24, 2.45) is 5.92 Å². The number of carboxylic acid groups (broad SMARTS) is 1. The van der Waals surface area contributed by atoms with Gasteiger partial charge < -0.3 is 9.84 Å². The zero-order chi connectivity index (χ0) is 12.8. The molecule has 0 unspecified atom stereocenters. The first-order chi connectivity index (χ1) is 8.04. The molecule has 1 aromatic rings. The summed E-state index contributed by atoms with van der Waals surface area (Å²) in [5.74, 6) is -0.487. The van der Waals surface area contributed by atoms with Crippen LogP contribution in [0, 0.1) is 5.92 Å². The average Bonchev–Trinajstić information content (AvgIpc) is 2.60. The number of aromatic nitrogens is 1. The van der Waals surface area contributed by atoms with Gasteiger partial charge in [0.15, 0.2) is 0 Å². The average molecular weight is 257 g/mol. The first-order valence-corrected chi connectivity index (χ1v) is 6.65. The number of thiazole rings is 1. The van der Waals surface area contributed by atoms with Gasteiger partial charge in [0.05, 0.1) is 12.3 Å². The highest BCUT2D eigenvalue weighted by atomic mass is 32.1. The van der Waals surface area contributed by atoms with E-state index in [-0.39, 0.29) is 0 Å². The van der Waals surface area contributed by atoms with Crippen LogP contribution in [0.5, 0.6) is 0 Å². The number of hydrogen-bond acceptors (Lipinski definition) is 4. The summed E-state index contributed by atoms with van der Waals surface area (Å²) < 4.78 is 5.38. The summed E-state index contributed by atoms with van der Waals surface area (Å²) in [6.07, 6.45) is 1.65. The van der Waals surface area contributed by atoms with Crippen molar-refractivity contribution in [1.29, 1.82) is 0 Å². The number of aromatic carboxylic acids is 1. The van der Waals surface area contributed by atoms with Gasteiger partial charge in [0.2, 0.25) is 0 Å². The van der Waals surface area contributed by atoms with Crippen molar-refractivity contribution in [3.63, 3.8) is 0 Å². The second kappa shape index (κ2) is 6.71. The highest BCUT2D eigenvalue weighted by molar-refractivity contribution is 7.13. The third-order valence-electron chi connectivity index (χ3n) is 2.11. The van der Waals surface area contributed by atoms with Gasteiger partial charge in [-0.05, 0) is 18.8 Å². The molecule has 0 atom stereocenters. The number of ether oxygens (including phenoxy) is 1. The zero-order valence-corrected chi connectivity index (χ0v) is 11.3. The molecular formula is C12H19NO3S. The Morgan fingerprint density at radius 1 is 1.53 bits per heavy atom. The fraction of sp³-hybridized carbons (Fsp3) is 0.667. The minimum atomic E-state index is -0.889. The van der Waals surface area contributed by atoms with Crippen LogP contribution >= 0.6 is 11.3 Å². The lowest BCUT2D eigenvalue weighted by Crippen LogP contribution is -2.02. The molecule has 0 saturated heterocycles. The van der Waals surface area contributed by atoms with Crippen molar-refractivity contribution in [1.82, 2.24) is 4.98 Å². The molecule has 1 N–H and O–H groups in total. The Morgan fingerprint density at radius 3 is 2.76 bits per heavy atom. The molecule has 1 rings (SSSR count). The van der Waals surface area contributed by atoms with Crippen LogP contribution in [0.25, 0.3) is 0 Å². The van der Waals surface area contributed by atoms with Gasteiger partial charge in [-0.2, -0.15) is 0 Å². The van der Waals surface area contributed by atoms with Crippen molar-refractivity contribution in [2.45, 2.75) is 40.2 Å². The number of rotatable bonds is 7. The van der Waals surface area contributed by atoms with Crippen molar-refractivity contribution >= 4 is 17.3 Å². The van der Waals surface area contributed by atoms with Gasteiger partial charge in [-0.3, -0.25) is 0 Å². The van der Waals surface area contributed by atoms with Crippen LogP contribution in [0.15, 0.2) is 0 Å². The minimum absolute atomic E-state index is 0.355. The number of carbonyl (C=O) groups is 1. The Bertz CT molecular complexity index is 374. The van der Waals surface area contributed by atoms with Crippen molar-refractivity contribution in [3.8, 4) is 0 Å². The quantitative estimate of drug-likeness (QED) is 0.763. The van der Waals surface area contributed by atoms with Crippen LogP contribution in [0.3, 0.4) is 0 Å². The molecule has 0 amide bonds. The van der Waals surface area contributed by atoms with E-state index in [0.717, 1.165) is 11.4 Å². The molecule has 0 aromatic carbocycles. The fourth-order valence-electron chi connectivity index (χ4n) is 1.46. The van der Waals surface area contributed by atoms with Crippen LogP contribution in [0.1, 0.15) is 47.6 Å². The fourth-order valence-corrected chi connectivity index (χ4v) is 2.33. The Morgan fingerprint density at radius 2 is 2.24 bits per heavy atom. The van der Waals surface area contributed by atoms with Crippen molar-refractivity contribution < 1.29 is 14.6 Å². The van der Waals surface area contributed by atoms with Gasteiger partial charge in [-0.25, -0.2) is 9.78 Å². The van der Waals surface area contributed by atoms with Crippen molar-refractivity contribution in [3.05, 3.63) is 15.6 Å². The molecule has 17 heavy (non-hydrogen) atoms. The van der Waals surface area contributed by atoms with E-state index in [1.54, 1.807) is 0 Å². The van der Waals surface area contributed by atoms with Crippen LogP contribution < -0.4 is 0 Å². The normalized spacial score (nSPS) is 11.1. The first kappa shape index (κ1) is 14.1. The molecule has 0 bridgehead atoms. The Balaban J connectivity index is 2.76. The van der Waals surface area contributed by atoms with Crippen LogP contribution in [0.2, 0.25) is 0 Å². The number of carboxylic acids is 1. The van der Waals surface area contributed by atoms with E-state index in [4.69, 9.17) is 9.84 Å². The van der Waals surface area contributed by atoms with Gasteiger partial charge in [0, 0.05) is 6.61 Å². The van der Waals surface area contributed by atoms with E-state index in [1.807, 2.05) is 6.92 Å². The summed E-state index contributed by atoms with van der Waals surface area (Å²) in [4.78, 5) is 15.8. The molecule has 0 saturated carbocycles. The van der Waals surface area contributed by atoms with E-state index < -0.39 is 5.97 Å². The Kier molecular flexibility index (Phi) is 5.58. The highest BCUT2D eigenvalue weighted by Crippen LogP contribution is 2.22. The maximum Gasteiger partial charge on any atom is 0.347 e. The molecule has 0 spiro atoms. The standard InChI is InChI=1S/C12H19NO3S/c1-4-5-16-7-10-13-9(6-8(2)3)11(17-10)12(14)15/h8H,4-7H2,1-3H3,(H,14,15). The Hall–Kier alpha value is -0.940. The molecule has 96 valence electrons. The molecule has 0 fully saturated rings. The summed E-state index contributed by atoms with van der Waals surface area (Å²) in [7, 11) is 0. The minimum Gasteiger partial charge on any atom is -0.477 e. The molecule has 5 heteroatoms. The van der Waals surface area contributed by atoms with Gasteiger partial charge in [0.25, 0.3) is 0 Å². The smallest absolute Gasteiger partial charge is 0.347 e. The van der Waals surface area contributed by atoms with Gasteiger partial charge in [-0.15, -0.1) is 11.3 Å². The molecule has 1 aromatic heterocycles. The highest BCUT2D eigenvalue weighted by Gasteiger charge is 2.17. The van der Waals surface area contributed by atoms with E-state index in [0.29, 0.717) is 36.1 Å². The summed E-state index contributed by atoms with van der Waals surface area (Å²) in [6, 6.07) is 0. The maximum absolute atomic E-state index is 11.1. The van der Waals surface area contributed by atoms with Crippen molar-refractivity contribution in [2.75, 3.05) is 6.61 Å². The predicted molar refractivity (Wildman–Crippen MR) is 67.6 cm³/mol. The monoisotopic (exact) mass is 257 g/mol. The molecular weight excluding hydrogens is 238 g/mol. The van der Waals surface area contributed by atoms with Crippen LogP contribution in [0.4, 0.5) is 0 Å². The van der Waals surface area contributed by atoms with E-state index in [9.17, 15) is 4.79 Å². The third-order valence-corrected chi connectivity index (χ3v) is 3.17. The molecule has 0 aliphatic rings. The van der Waals surface area contributed by atoms with E-state index in [2.05, 4.69) is 18.8 Å². The van der Waals surface area contributed by atoms with E-state index >= 15 is 0 Å². The number of hydrogen-bond donors (Lipinski definition) is 1. The molecule has 1 heterocycles. The molecule has 0 aliphatic heterocycles. The Labute approximate surface area is 106 Å². The lowest BCUT2D eigenvalue weighted by molar-refractivity contribution is 0.0700. The molecule has 0 radical (unpaired) electrons. The van der Waals surface area contributed by atoms with Gasteiger partial charge in [0.1, 0.15) is 9.88 Å². The second-order valence-corrected chi connectivity index (χ2v) is 5.42. The lowest BCUT2D eigenvalue weighted by atomic mass is 10.1. The third kappa shape index (κ3) is 4.44. The maximum atomic E-state index is 11.1. The van der Waals surface area contributed by atoms with Crippen LogP contribution in [-0.4, -0.2) is 22.7 Å². The summed E-state index contributed by atoms with van der Waals surface area (Å²) in [5.41, 5.74) is 0.688. The topological polar surface area (TPSA) is 59.4 Å². The van der Waals surface area contributed by atoms with Crippen LogP contribution in [-0.2, 0) is 17.8 Å². The summed E-state index contributed by atoms with van der Waals surface area (Å²) in [6.45, 7) is 7.24. The molecule has 4 nitrogen and oxygen atoms in total. The number of nitrogens with zero attached hydrogens (tertiary/aromatic N) is 1. The SMILES string of the molecule is CCCOCc1nc(CC(C)C)c(C(=O)O)s1. The second-order valence-electron chi connectivity index (χ2n) is 4.34. The largest absolute Gasteiger partial charge is 0.477 e. The first-order valence-electron chi connectivity index (χ1n) is 5.84.